The number of benzene rings is 1. The monoisotopic (exact) mass is 303 g/mol. The van der Waals surface area contributed by atoms with Gasteiger partial charge in [-0.3, -0.25) is 5.43 Å². The lowest BCUT2D eigenvalue weighted by Gasteiger charge is -2.00. The quantitative estimate of drug-likeness (QED) is 0.573. The standard InChI is InChI=1S/C13H13N5S2/c1-7(11-8(2)18-20-12(11)14)16-17-13-15-9-5-3-4-6-10(9)19-13/h3-6H,14H2,1-2H3,(H,15,17)/b16-7-. The van der Waals surface area contributed by atoms with Gasteiger partial charge in [-0.15, -0.1) is 0 Å². The molecule has 0 unspecified atom stereocenters. The first kappa shape index (κ1) is 13.0. The van der Waals surface area contributed by atoms with Gasteiger partial charge in [0.05, 0.1) is 27.2 Å². The van der Waals surface area contributed by atoms with Crippen molar-refractivity contribution in [3.05, 3.63) is 35.5 Å². The topological polar surface area (TPSA) is 76.2 Å². The fraction of sp³-hybridized carbons (Fsp3) is 0.154. The molecule has 3 aromatic rings. The largest absolute Gasteiger partial charge is 0.389 e. The zero-order valence-electron chi connectivity index (χ0n) is 11.0. The third-order valence-corrected chi connectivity index (χ3v) is 4.57. The number of hydrogen-bond donors (Lipinski definition) is 2. The van der Waals surface area contributed by atoms with E-state index < -0.39 is 0 Å². The lowest BCUT2D eigenvalue weighted by molar-refractivity contribution is 1.27. The van der Waals surface area contributed by atoms with Crippen LogP contribution in [0.1, 0.15) is 18.2 Å². The van der Waals surface area contributed by atoms with Gasteiger partial charge in [-0.25, -0.2) is 4.98 Å². The van der Waals surface area contributed by atoms with Gasteiger partial charge in [-0.05, 0) is 37.5 Å². The average Bonchev–Trinajstić information content (AvgIpc) is 2.99. The number of aromatic nitrogens is 2. The lowest BCUT2D eigenvalue weighted by atomic mass is 10.2. The molecule has 0 bridgehead atoms. The summed E-state index contributed by atoms with van der Waals surface area (Å²) in [4.78, 5) is 4.47. The van der Waals surface area contributed by atoms with Crippen molar-refractivity contribution in [3.8, 4) is 0 Å². The molecule has 1 aromatic carbocycles. The zero-order chi connectivity index (χ0) is 14.1. The van der Waals surface area contributed by atoms with Gasteiger partial charge in [0.15, 0.2) is 0 Å². The Morgan fingerprint density at radius 1 is 1.35 bits per heavy atom. The predicted octanol–water partition coefficient (Wildman–Crippen LogP) is 3.48. The number of nitrogens with two attached hydrogens (primary N) is 1. The van der Waals surface area contributed by atoms with Gasteiger partial charge in [0, 0.05) is 0 Å². The number of hydrogen-bond acceptors (Lipinski definition) is 7. The number of thiazole rings is 1. The first-order chi connectivity index (χ1) is 9.65. The van der Waals surface area contributed by atoms with Gasteiger partial charge in [0.25, 0.3) is 0 Å². The number of hydrazone groups is 1. The minimum Gasteiger partial charge on any atom is -0.389 e. The van der Waals surface area contributed by atoms with Gasteiger partial charge in [0.2, 0.25) is 5.13 Å². The van der Waals surface area contributed by atoms with Gasteiger partial charge in [-0.1, -0.05) is 23.5 Å². The van der Waals surface area contributed by atoms with Gasteiger partial charge >= 0.3 is 0 Å². The molecule has 2 aromatic heterocycles. The summed E-state index contributed by atoms with van der Waals surface area (Å²) in [6.45, 7) is 3.84. The summed E-state index contributed by atoms with van der Waals surface area (Å²) in [5.74, 6) is 0. The van der Waals surface area contributed by atoms with E-state index in [1.807, 2.05) is 38.1 Å². The van der Waals surface area contributed by atoms with E-state index in [-0.39, 0.29) is 0 Å². The number of fused-ring (bicyclic) bond motifs is 1. The van der Waals surface area contributed by atoms with E-state index >= 15 is 0 Å². The molecular weight excluding hydrogens is 290 g/mol. The number of para-hydroxylation sites is 1. The normalized spacial score (nSPS) is 12.0. The Bertz CT molecular complexity index is 735. The van der Waals surface area contributed by atoms with Crippen LogP contribution >= 0.6 is 22.9 Å². The summed E-state index contributed by atoms with van der Waals surface area (Å²) in [5.41, 5.74) is 12.5. The fourth-order valence-electron chi connectivity index (χ4n) is 1.93. The average molecular weight is 303 g/mol. The van der Waals surface area contributed by atoms with E-state index in [2.05, 4.69) is 19.9 Å². The summed E-state index contributed by atoms with van der Waals surface area (Å²) in [6, 6.07) is 8.00. The van der Waals surface area contributed by atoms with Crippen LogP contribution in [0.15, 0.2) is 29.4 Å². The molecule has 0 radical (unpaired) electrons. The van der Waals surface area contributed by atoms with Crippen LogP contribution in [-0.4, -0.2) is 15.1 Å². The summed E-state index contributed by atoms with van der Waals surface area (Å²) >= 11 is 2.86. The summed E-state index contributed by atoms with van der Waals surface area (Å²) in [6.07, 6.45) is 0. The van der Waals surface area contributed by atoms with E-state index in [4.69, 9.17) is 5.73 Å². The first-order valence-electron chi connectivity index (χ1n) is 6.03. The third kappa shape index (κ3) is 2.37. The highest BCUT2D eigenvalue weighted by Crippen LogP contribution is 2.26. The van der Waals surface area contributed by atoms with Crippen molar-refractivity contribution in [2.75, 3.05) is 11.2 Å². The van der Waals surface area contributed by atoms with Crippen molar-refractivity contribution in [1.29, 1.82) is 0 Å². The van der Waals surface area contributed by atoms with E-state index in [1.54, 1.807) is 11.3 Å². The van der Waals surface area contributed by atoms with E-state index in [0.717, 1.165) is 32.3 Å². The molecule has 0 atom stereocenters. The summed E-state index contributed by atoms with van der Waals surface area (Å²) in [5, 5.41) is 5.81. The molecule has 0 aliphatic carbocycles. The molecule has 102 valence electrons. The molecule has 0 spiro atoms. The molecule has 7 heteroatoms. The summed E-state index contributed by atoms with van der Waals surface area (Å²) < 4.78 is 5.36. The Balaban J connectivity index is 1.86. The first-order valence-corrected chi connectivity index (χ1v) is 7.62. The molecule has 3 rings (SSSR count). The predicted molar refractivity (Wildman–Crippen MR) is 86.7 cm³/mol. The van der Waals surface area contributed by atoms with E-state index in [0.29, 0.717) is 5.00 Å². The van der Waals surface area contributed by atoms with Crippen molar-refractivity contribution < 1.29 is 0 Å². The maximum absolute atomic E-state index is 5.91. The molecule has 0 saturated carbocycles. The number of nitrogens with zero attached hydrogens (tertiary/aromatic N) is 3. The zero-order valence-corrected chi connectivity index (χ0v) is 12.7. The number of aryl methyl sites for hydroxylation is 1. The van der Waals surface area contributed by atoms with Gasteiger partial charge in [0.1, 0.15) is 5.00 Å². The van der Waals surface area contributed by atoms with Crippen LogP contribution in [0, 0.1) is 6.92 Å². The molecule has 2 heterocycles. The highest BCUT2D eigenvalue weighted by molar-refractivity contribution is 7.22. The highest BCUT2D eigenvalue weighted by Gasteiger charge is 2.11. The second-order valence-corrected chi connectivity index (χ2v) is 6.14. The van der Waals surface area contributed by atoms with Crippen LogP contribution in [0.4, 0.5) is 10.1 Å². The van der Waals surface area contributed by atoms with Crippen LogP contribution in [0.5, 0.6) is 0 Å². The second kappa shape index (κ2) is 5.18. The fourth-order valence-corrected chi connectivity index (χ4v) is 3.46. The molecule has 0 saturated heterocycles. The third-order valence-electron chi connectivity index (χ3n) is 2.86. The van der Waals surface area contributed by atoms with Crippen LogP contribution in [0.25, 0.3) is 10.2 Å². The Hall–Kier alpha value is -1.99. The van der Waals surface area contributed by atoms with Crippen molar-refractivity contribution >= 4 is 48.9 Å². The second-order valence-electron chi connectivity index (χ2n) is 4.30. The Morgan fingerprint density at radius 2 is 2.15 bits per heavy atom. The molecular formula is C13H13N5S2. The molecule has 3 N–H and O–H groups in total. The minimum absolute atomic E-state index is 0.690. The Morgan fingerprint density at radius 3 is 2.85 bits per heavy atom. The highest BCUT2D eigenvalue weighted by atomic mass is 32.1. The van der Waals surface area contributed by atoms with Crippen LogP contribution in [0.2, 0.25) is 0 Å². The molecule has 0 fully saturated rings. The number of nitrogen functional groups attached to an aromatic ring is 1. The molecule has 5 nitrogen and oxygen atoms in total. The van der Waals surface area contributed by atoms with E-state index in [9.17, 15) is 0 Å². The molecule has 0 aliphatic rings. The van der Waals surface area contributed by atoms with Gasteiger partial charge < -0.3 is 5.73 Å². The number of nitrogens with one attached hydrogen (secondary N) is 1. The van der Waals surface area contributed by atoms with Crippen LogP contribution < -0.4 is 11.2 Å². The Kier molecular flexibility index (Phi) is 3.37. The van der Waals surface area contributed by atoms with Crippen LogP contribution in [0.3, 0.4) is 0 Å². The van der Waals surface area contributed by atoms with Crippen molar-refractivity contribution in [3.63, 3.8) is 0 Å². The smallest absolute Gasteiger partial charge is 0.204 e. The minimum atomic E-state index is 0.690. The molecule has 0 aliphatic heterocycles. The number of anilines is 2. The lowest BCUT2D eigenvalue weighted by Crippen LogP contribution is -2.03. The maximum Gasteiger partial charge on any atom is 0.204 e. The van der Waals surface area contributed by atoms with Crippen LogP contribution in [-0.2, 0) is 0 Å². The van der Waals surface area contributed by atoms with E-state index in [1.165, 1.54) is 11.5 Å². The molecule has 0 amide bonds. The van der Waals surface area contributed by atoms with Crippen molar-refractivity contribution in [2.24, 2.45) is 5.10 Å². The number of rotatable bonds is 3. The summed E-state index contributed by atoms with van der Waals surface area (Å²) in [7, 11) is 0. The van der Waals surface area contributed by atoms with Gasteiger partial charge in [-0.2, -0.15) is 9.47 Å². The SMILES string of the molecule is C/C(=N/Nc1nc2ccccc2s1)c1c(C)nsc1N. The molecule has 20 heavy (non-hydrogen) atoms. The van der Waals surface area contributed by atoms with Crippen molar-refractivity contribution in [2.45, 2.75) is 13.8 Å². The Labute approximate surface area is 124 Å². The maximum atomic E-state index is 5.91. The van der Waals surface area contributed by atoms with Crippen molar-refractivity contribution in [1.82, 2.24) is 9.36 Å².